The Bertz CT molecular complexity index is 995. The summed E-state index contributed by atoms with van der Waals surface area (Å²) in [6.45, 7) is 6.43. The molecule has 0 bridgehead atoms. The number of nitrogens with zero attached hydrogens (tertiary/aromatic N) is 2. The van der Waals surface area contributed by atoms with Crippen molar-refractivity contribution < 1.29 is 4.79 Å². The number of carbonyl (C=O) groups is 1. The van der Waals surface area contributed by atoms with Crippen LogP contribution in [-0.4, -0.2) is 29.5 Å². The first-order chi connectivity index (χ1) is 11.4. The first-order valence-electron chi connectivity index (χ1n) is 8.38. The van der Waals surface area contributed by atoms with Crippen LogP contribution in [0.4, 0.5) is 0 Å². The minimum atomic E-state index is 0.0924. The van der Waals surface area contributed by atoms with Crippen molar-refractivity contribution in [3.63, 3.8) is 0 Å². The van der Waals surface area contributed by atoms with E-state index in [1.807, 2.05) is 22.8 Å². The zero-order valence-electron chi connectivity index (χ0n) is 14.8. The fourth-order valence-electron chi connectivity index (χ4n) is 3.97. The summed E-state index contributed by atoms with van der Waals surface area (Å²) in [5, 5.41) is 1.20. The van der Waals surface area contributed by atoms with Crippen molar-refractivity contribution in [1.82, 2.24) is 9.47 Å². The molecule has 1 atom stereocenters. The fraction of sp³-hybridized carbons (Fsp3) is 0.286. The summed E-state index contributed by atoms with van der Waals surface area (Å²) in [4.78, 5) is 15.3. The molecule has 24 heavy (non-hydrogen) atoms. The molecular weight excluding hydrogens is 296 g/mol. The quantitative estimate of drug-likeness (QED) is 0.542. The summed E-state index contributed by atoms with van der Waals surface area (Å²) < 4.78 is 1.93. The van der Waals surface area contributed by atoms with Gasteiger partial charge in [-0.05, 0) is 52.6 Å². The van der Waals surface area contributed by atoms with Crippen LogP contribution in [0.3, 0.4) is 0 Å². The lowest BCUT2D eigenvalue weighted by Crippen LogP contribution is -2.17. The smallest absolute Gasteiger partial charge is 0.263 e. The van der Waals surface area contributed by atoms with Crippen LogP contribution in [-0.2, 0) is 0 Å². The number of benzene rings is 2. The average Bonchev–Trinajstić information content (AvgIpc) is 3.01. The minimum Gasteiger partial charge on any atom is -0.303 e. The van der Waals surface area contributed by atoms with Gasteiger partial charge in [0.25, 0.3) is 5.91 Å². The van der Waals surface area contributed by atoms with E-state index < -0.39 is 0 Å². The Kier molecular flexibility index (Phi) is 3.19. The van der Waals surface area contributed by atoms with Gasteiger partial charge in [-0.15, -0.1) is 0 Å². The second kappa shape index (κ2) is 5.05. The van der Waals surface area contributed by atoms with Crippen LogP contribution < -0.4 is 0 Å². The van der Waals surface area contributed by atoms with E-state index in [1.165, 1.54) is 16.5 Å². The van der Waals surface area contributed by atoms with Crippen molar-refractivity contribution in [3.8, 4) is 11.3 Å². The van der Waals surface area contributed by atoms with Gasteiger partial charge in [-0.2, -0.15) is 0 Å². The third-order valence-electron chi connectivity index (χ3n) is 5.25. The Balaban J connectivity index is 2.21. The molecule has 0 saturated carbocycles. The zero-order chi connectivity index (χ0) is 17.2. The Morgan fingerprint density at radius 1 is 1.04 bits per heavy atom. The van der Waals surface area contributed by atoms with Gasteiger partial charge < -0.3 is 4.90 Å². The number of aryl methyl sites for hydroxylation is 2. The van der Waals surface area contributed by atoms with Crippen LogP contribution in [0.5, 0.6) is 0 Å². The first-order valence-corrected chi connectivity index (χ1v) is 8.38. The van der Waals surface area contributed by atoms with Crippen molar-refractivity contribution in [2.45, 2.75) is 26.8 Å². The van der Waals surface area contributed by atoms with Gasteiger partial charge in [0, 0.05) is 28.1 Å². The number of hydrogen-bond acceptors (Lipinski definition) is 2. The van der Waals surface area contributed by atoms with Crippen molar-refractivity contribution in [2.24, 2.45) is 0 Å². The van der Waals surface area contributed by atoms with Crippen molar-refractivity contribution in [1.29, 1.82) is 0 Å². The number of rotatable bonds is 2. The molecule has 3 heteroatoms. The predicted octanol–water partition coefficient (Wildman–Crippen LogP) is 4.55. The average molecular weight is 318 g/mol. The largest absolute Gasteiger partial charge is 0.303 e. The molecule has 0 radical (unpaired) electrons. The van der Waals surface area contributed by atoms with Gasteiger partial charge in [0.2, 0.25) is 0 Å². The molecule has 2 heterocycles. The maximum absolute atomic E-state index is 13.1. The monoisotopic (exact) mass is 318 g/mol. The topological polar surface area (TPSA) is 25.2 Å². The van der Waals surface area contributed by atoms with E-state index in [1.54, 1.807) is 0 Å². The lowest BCUT2D eigenvalue weighted by atomic mass is 9.96. The Morgan fingerprint density at radius 2 is 1.71 bits per heavy atom. The number of aromatic nitrogens is 1. The number of fused-ring (bicyclic) bond motifs is 5. The second-order valence-corrected chi connectivity index (χ2v) is 7.07. The van der Waals surface area contributed by atoms with Crippen molar-refractivity contribution in [3.05, 3.63) is 58.7 Å². The normalized spacial score (nSPS) is 14.3. The van der Waals surface area contributed by atoms with Gasteiger partial charge >= 0.3 is 0 Å². The molecule has 1 aliphatic rings. The summed E-state index contributed by atoms with van der Waals surface area (Å²) in [6.07, 6.45) is 0. The standard InChI is InChI=1S/C21H22N2O/c1-12-10-13(2)19-17(11-12)18(14(3)22(4)5)20-15-8-6-7-9-16(15)21(24)23(19)20/h6-11,14H,1-5H3. The molecule has 1 unspecified atom stereocenters. The SMILES string of the molecule is Cc1cc(C)c2c(c1)c(C(C)N(C)C)c1n2C(=O)c2ccccc2-1. The van der Waals surface area contributed by atoms with E-state index >= 15 is 0 Å². The minimum absolute atomic E-state index is 0.0924. The molecule has 0 amide bonds. The molecule has 122 valence electrons. The molecule has 0 saturated heterocycles. The van der Waals surface area contributed by atoms with Crippen LogP contribution in [0.1, 0.15) is 40.0 Å². The maximum Gasteiger partial charge on any atom is 0.263 e. The van der Waals surface area contributed by atoms with E-state index in [0.717, 1.165) is 27.9 Å². The van der Waals surface area contributed by atoms with Gasteiger partial charge in [-0.3, -0.25) is 9.36 Å². The summed E-state index contributed by atoms with van der Waals surface area (Å²) in [6, 6.07) is 12.6. The molecule has 1 aromatic heterocycles. The molecule has 0 spiro atoms. The van der Waals surface area contributed by atoms with Gasteiger partial charge in [0.05, 0.1) is 11.2 Å². The summed E-state index contributed by atoms with van der Waals surface area (Å²) in [7, 11) is 4.18. The van der Waals surface area contributed by atoms with Gasteiger partial charge in [0.15, 0.2) is 0 Å². The van der Waals surface area contributed by atoms with Gasteiger partial charge in [-0.25, -0.2) is 0 Å². The molecule has 1 aliphatic heterocycles. The van der Waals surface area contributed by atoms with E-state index in [9.17, 15) is 4.79 Å². The molecule has 3 aromatic rings. The lowest BCUT2D eigenvalue weighted by Gasteiger charge is -2.21. The third-order valence-corrected chi connectivity index (χ3v) is 5.25. The molecule has 2 aromatic carbocycles. The highest BCUT2D eigenvalue weighted by molar-refractivity contribution is 6.16. The number of carbonyl (C=O) groups excluding carboxylic acids is 1. The van der Waals surface area contributed by atoms with Crippen molar-refractivity contribution in [2.75, 3.05) is 14.1 Å². The summed E-state index contributed by atoms with van der Waals surface area (Å²) in [5.41, 5.74) is 7.63. The Hall–Kier alpha value is -2.39. The zero-order valence-corrected chi connectivity index (χ0v) is 14.8. The molecule has 0 fully saturated rings. The molecular formula is C21H22N2O. The van der Waals surface area contributed by atoms with E-state index in [0.29, 0.717) is 0 Å². The van der Waals surface area contributed by atoms with Crippen molar-refractivity contribution >= 4 is 16.8 Å². The summed E-state index contributed by atoms with van der Waals surface area (Å²) in [5.74, 6) is 0.0924. The Labute approximate surface area is 142 Å². The van der Waals surface area contributed by atoms with Crippen LogP contribution in [0.25, 0.3) is 22.2 Å². The first kappa shape index (κ1) is 15.2. The highest BCUT2D eigenvalue weighted by atomic mass is 16.2. The maximum atomic E-state index is 13.1. The summed E-state index contributed by atoms with van der Waals surface area (Å²) >= 11 is 0. The fourth-order valence-corrected chi connectivity index (χ4v) is 3.97. The molecule has 4 rings (SSSR count). The van der Waals surface area contributed by atoms with Crippen LogP contribution in [0.15, 0.2) is 36.4 Å². The van der Waals surface area contributed by atoms with Crippen LogP contribution in [0, 0.1) is 13.8 Å². The molecule has 0 aliphatic carbocycles. The van der Waals surface area contributed by atoms with Crippen LogP contribution >= 0.6 is 0 Å². The van der Waals surface area contributed by atoms with E-state index in [-0.39, 0.29) is 11.9 Å². The highest BCUT2D eigenvalue weighted by Gasteiger charge is 2.34. The third kappa shape index (κ3) is 1.85. The lowest BCUT2D eigenvalue weighted by molar-refractivity contribution is 0.0973. The van der Waals surface area contributed by atoms with Crippen LogP contribution in [0.2, 0.25) is 0 Å². The van der Waals surface area contributed by atoms with Gasteiger partial charge in [0.1, 0.15) is 0 Å². The highest BCUT2D eigenvalue weighted by Crippen LogP contribution is 2.45. The van der Waals surface area contributed by atoms with Gasteiger partial charge in [-0.1, -0.05) is 29.8 Å². The second-order valence-electron chi connectivity index (χ2n) is 7.07. The van der Waals surface area contributed by atoms with E-state index in [4.69, 9.17) is 0 Å². The predicted molar refractivity (Wildman–Crippen MR) is 98.7 cm³/mol. The molecule has 0 N–H and O–H groups in total. The van der Waals surface area contributed by atoms with E-state index in [2.05, 4.69) is 58.0 Å². The number of hydrogen-bond donors (Lipinski definition) is 0. The molecule has 3 nitrogen and oxygen atoms in total. The Morgan fingerprint density at radius 3 is 2.38 bits per heavy atom.